The van der Waals surface area contributed by atoms with Gasteiger partial charge in [0.1, 0.15) is 0 Å². The average Bonchev–Trinajstić information content (AvgIpc) is 2.68. The Morgan fingerprint density at radius 3 is 2.71 bits per heavy atom. The van der Waals surface area contributed by atoms with Crippen molar-refractivity contribution in [2.24, 2.45) is 0 Å². The van der Waals surface area contributed by atoms with Crippen LogP contribution in [0.1, 0.15) is 20.7 Å². The molecule has 1 aliphatic rings. The van der Waals surface area contributed by atoms with E-state index in [9.17, 15) is 14.7 Å². The third kappa shape index (κ3) is 4.81. The van der Waals surface area contributed by atoms with Crippen molar-refractivity contribution < 1.29 is 24.2 Å². The van der Waals surface area contributed by atoms with Crippen LogP contribution in [0.4, 0.5) is 11.4 Å². The van der Waals surface area contributed by atoms with E-state index < -0.39 is 11.9 Å². The van der Waals surface area contributed by atoms with Gasteiger partial charge in [-0.25, -0.2) is 4.79 Å². The molecule has 0 aliphatic carbocycles. The van der Waals surface area contributed by atoms with Gasteiger partial charge in [-0.1, -0.05) is 23.7 Å². The van der Waals surface area contributed by atoms with E-state index in [1.165, 1.54) is 12.1 Å². The number of likely N-dealkylation sites (N-methyl/N-ethyl adjacent to an activating group) is 1. The monoisotopic (exact) mass is 404 g/mol. The van der Waals surface area contributed by atoms with Crippen LogP contribution in [0.2, 0.25) is 5.02 Å². The maximum atomic E-state index is 12.7. The van der Waals surface area contributed by atoms with Crippen molar-refractivity contribution in [1.82, 2.24) is 0 Å². The minimum atomic E-state index is -1.08. The fourth-order valence-electron chi connectivity index (χ4n) is 2.98. The zero-order chi connectivity index (χ0) is 20.1. The van der Waals surface area contributed by atoms with Crippen molar-refractivity contribution in [2.45, 2.75) is 6.10 Å². The Bertz CT molecular complexity index is 867. The highest BCUT2D eigenvalue weighted by Crippen LogP contribution is 2.28. The first-order chi connectivity index (χ1) is 13.5. The molecular formula is C20H21ClN2O5. The molecule has 0 bridgehead atoms. The van der Waals surface area contributed by atoms with Gasteiger partial charge in [0.15, 0.2) is 0 Å². The first-order valence-corrected chi connectivity index (χ1v) is 9.17. The maximum Gasteiger partial charge on any atom is 0.335 e. The van der Waals surface area contributed by atoms with Crippen LogP contribution in [0.3, 0.4) is 0 Å². The lowest BCUT2D eigenvalue weighted by Crippen LogP contribution is -2.38. The van der Waals surface area contributed by atoms with Crippen molar-refractivity contribution in [1.29, 1.82) is 0 Å². The highest BCUT2D eigenvalue weighted by Gasteiger charge is 2.20. The predicted molar refractivity (Wildman–Crippen MR) is 107 cm³/mol. The maximum absolute atomic E-state index is 12.7. The Balaban J connectivity index is 1.86. The summed E-state index contributed by atoms with van der Waals surface area (Å²) in [5.41, 5.74) is 1.43. The number of carbonyl (C=O) groups excluding carboxylic acids is 1. The summed E-state index contributed by atoms with van der Waals surface area (Å²) in [6, 6.07) is 11.3. The number of nitrogens with zero attached hydrogens (tertiary/aromatic N) is 1. The van der Waals surface area contributed by atoms with Crippen LogP contribution in [0, 0.1) is 0 Å². The van der Waals surface area contributed by atoms with Gasteiger partial charge in [0.2, 0.25) is 0 Å². The van der Waals surface area contributed by atoms with Crippen LogP contribution >= 0.6 is 11.6 Å². The number of benzene rings is 2. The van der Waals surface area contributed by atoms with E-state index in [2.05, 4.69) is 5.32 Å². The largest absolute Gasteiger partial charge is 0.478 e. The van der Waals surface area contributed by atoms with Crippen molar-refractivity contribution in [3.63, 3.8) is 0 Å². The number of halogens is 1. The lowest BCUT2D eigenvalue weighted by atomic mass is 10.1. The van der Waals surface area contributed by atoms with Gasteiger partial charge in [-0.3, -0.25) is 4.79 Å². The molecule has 0 aromatic heterocycles. The molecule has 148 valence electrons. The number of carboxylic acids is 1. The summed E-state index contributed by atoms with van der Waals surface area (Å²) in [6.45, 7) is 2.12. The quantitative estimate of drug-likeness (QED) is 0.769. The average molecular weight is 405 g/mol. The Morgan fingerprint density at radius 1 is 1.25 bits per heavy atom. The second-order valence-electron chi connectivity index (χ2n) is 6.42. The van der Waals surface area contributed by atoms with Crippen molar-refractivity contribution >= 4 is 34.9 Å². The normalized spacial score (nSPS) is 16.4. The minimum absolute atomic E-state index is 0.0730. The molecule has 2 aromatic carbocycles. The van der Waals surface area contributed by atoms with Crippen molar-refractivity contribution in [3.05, 3.63) is 58.6 Å². The second kappa shape index (κ2) is 9.05. The van der Waals surface area contributed by atoms with Crippen molar-refractivity contribution in [2.75, 3.05) is 43.6 Å². The molecule has 3 rings (SSSR count). The molecule has 2 N–H and O–H groups in total. The third-order valence-corrected chi connectivity index (χ3v) is 4.71. The predicted octanol–water partition coefficient (Wildman–Crippen LogP) is 3.14. The molecule has 1 heterocycles. The standard InChI is InChI=1S/C20H21ClN2O5/c1-23(11-14-12-27-8-9-28-14)18-7-6-13(20(25)26)10-17(18)22-19(24)15-4-2-3-5-16(15)21/h2-7,10,14H,8-9,11-12H2,1H3,(H,22,24)(H,25,26). The van der Waals surface area contributed by atoms with E-state index in [-0.39, 0.29) is 11.7 Å². The number of amides is 1. The molecule has 1 fully saturated rings. The molecule has 1 aliphatic heterocycles. The Morgan fingerprint density at radius 2 is 2.04 bits per heavy atom. The number of rotatable bonds is 6. The summed E-state index contributed by atoms with van der Waals surface area (Å²) in [5, 5.41) is 12.4. The molecule has 0 radical (unpaired) electrons. The van der Waals surface area contributed by atoms with Crippen LogP contribution in [-0.2, 0) is 9.47 Å². The zero-order valence-corrected chi connectivity index (χ0v) is 16.1. The molecule has 2 aromatic rings. The summed E-state index contributed by atoms with van der Waals surface area (Å²) in [7, 11) is 1.85. The van der Waals surface area contributed by atoms with E-state index >= 15 is 0 Å². The fraction of sp³-hybridized carbons (Fsp3) is 0.300. The number of aromatic carboxylic acids is 1. The number of carbonyl (C=O) groups is 2. The highest BCUT2D eigenvalue weighted by atomic mass is 35.5. The number of ether oxygens (including phenoxy) is 2. The first kappa shape index (κ1) is 20.1. The van der Waals surface area contributed by atoms with Crippen molar-refractivity contribution in [3.8, 4) is 0 Å². The molecule has 1 saturated heterocycles. The van der Waals surface area contributed by atoms with Gasteiger partial charge in [-0.05, 0) is 30.3 Å². The molecule has 8 heteroatoms. The topological polar surface area (TPSA) is 88.1 Å². The first-order valence-electron chi connectivity index (χ1n) is 8.79. The summed E-state index contributed by atoms with van der Waals surface area (Å²) >= 11 is 6.10. The number of anilines is 2. The number of hydrogen-bond donors (Lipinski definition) is 2. The van der Waals surface area contributed by atoms with Gasteiger partial charge in [0.25, 0.3) is 5.91 Å². The lowest BCUT2D eigenvalue weighted by Gasteiger charge is -2.30. The molecule has 7 nitrogen and oxygen atoms in total. The summed E-state index contributed by atoms with van der Waals surface area (Å²) in [4.78, 5) is 25.9. The van der Waals surface area contributed by atoms with Gasteiger partial charge in [0.05, 0.1) is 53.4 Å². The van der Waals surface area contributed by atoms with Crippen LogP contribution in [0.15, 0.2) is 42.5 Å². The summed E-state index contributed by atoms with van der Waals surface area (Å²) < 4.78 is 11.1. The summed E-state index contributed by atoms with van der Waals surface area (Å²) in [5.74, 6) is -1.49. The number of nitrogens with one attached hydrogen (secondary N) is 1. The second-order valence-corrected chi connectivity index (χ2v) is 6.83. The molecular weight excluding hydrogens is 384 g/mol. The minimum Gasteiger partial charge on any atom is -0.478 e. The van der Waals surface area contributed by atoms with E-state index in [1.54, 1.807) is 30.3 Å². The van der Waals surface area contributed by atoms with E-state index in [4.69, 9.17) is 21.1 Å². The van der Waals surface area contributed by atoms with Gasteiger partial charge >= 0.3 is 5.97 Å². The van der Waals surface area contributed by atoms with Gasteiger partial charge in [-0.2, -0.15) is 0 Å². The number of hydrogen-bond acceptors (Lipinski definition) is 5. The zero-order valence-electron chi connectivity index (χ0n) is 15.4. The molecule has 0 saturated carbocycles. The van der Waals surface area contributed by atoms with Gasteiger partial charge in [-0.15, -0.1) is 0 Å². The lowest BCUT2D eigenvalue weighted by molar-refractivity contribution is -0.0837. The van der Waals surface area contributed by atoms with Crippen LogP contribution in [0.25, 0.3) is 0 Å². The van der Waals surface area contributed by atoms with E-state index in [1.807, 2.05) is 11.9 Å². The molecule has 1 unspecified atom stereocenters. The van der Waals surface area contributed by atoms with E-state index in [0.717, 1.165) is 0 Å². The molecule has 1 atom stereocenters. The highest BCUT2D eigenvalue weighted by molar-refractivity contribution is 6.34. The van der Waals surface area contributed by atoms with Crippen LogP contribution < -0.4 is 10.2 Å². The number of carboxylic acid groups (broad SMARTS) is 1. The molecule has 1 amide bonds. The van der Waals surface area contributed by atoms with Crippen LogP contribution in [0.5, 0.6) is 0 Å². The molecule has 0 spiro atoms. The third-order valence-electron chi connectivity index (χ3n) is 4.38. The van der Waals surface area contributed by atoms with E-state index in [0.29, 0.717) is 48.3 Å². The fourth-order valence-corrected chi connectivity index (χ4v) is 3.20. The molecule has 28 heavy (non-hydrogen) atoms. The van der Waals surface area contributed by atoms with Gasteiger partial charge < -0.3 is 24.8 Å². The van der Waals surface area contributed by atoms with Crippen LogP contribution in [-0.4, -0.2) is 56.5 Å². The summed E-state index contributed by atoms with van der Waals surface area (Å²) in [6.07, 6.45) is -0.106. The smallest absolute Gasteiger partial charge is 0.335 e. The Kier molecular flexibility index (Phi) is 6.51. The Labute approximate surface area is 167 Å². The SMILES string of the molecule is CN(CC1COCCO1)c1ccc(C(=O)O)cc1NC(=O)c1ccccc1Cl. The Hall–Kier alpha value is -2.61. The van der Waals surface area contributed by atoms with Gasteiger partial charge in [0, 0.05) is 13.6 Å².